The van der Waals surface area contributed by atoms with Crippen LogP contribution in [-0.2, 0) is 12.7 Å². The Balaban J connectivity index is 1.52. The molecule has 8 nitrogen and oxygen atoms in total. The van der Waals surface area contributed by atoms with Crippen molar-refractivity contribution in [3.05, 3.63) is 71.5 Å². The van der Waals surface area contributed by atoms with E-state index in [2.05, 4.69) is 31.2 Å². The van der Waals surface area contributed by atoms with Gasteiger partial charge in [-0.15, -0.1) is 0 Å². The smallest absolute Gasteiger partial charge is 0.416 e. The van der Waals surface area contributed by atoms with E-state index in [0.29, 0.717) is 18.2 Å². The van der Waals surface area contributed by atoms with E-state index < -0.39 is 17.6 Å². The van der Waals surface area contributed by atoms with Crippen LogP contribution in [0.2, 0.25) is 0 Å². The molecule has 1 saturated heterocycles. The molecule has 0 radical (unpaired) electrons. The van der Waals surface area contributed by atoms with Crippen molar-refractivity contribution < 1.29 is 22.7 Å². The summed E-state index contributed by atoms with van der Waals surface area (Å²) < 4.78 is 46.7. The summed E-state index contributed by atoms with van der Waals surface area (Å²) in [6, 6.07) is 10.1. The molecule has 0 saturated carbocycles. The second-order valence-electron chi connectivity index (χ2n) is 8.78. The summed E-state index contributed by atoms with van der Waals surface area (Å²) in [6.07, 6.45) is 0.120. The fraction of sp³-hybridized carbons (Fsp3) is 0.346. The molecule has 3 aromatic rings. The van der Waals surface area contributed by atoms with E-state index in [1.54, 1.807) is 25.4 Å². The lowest BCUT2D eigenvalue weighted by atomic mass is 10.1. The fourth-order valence-electron chi connectivity index (χ4n) is 4.15. The van der Waals surface area contributed by atoms with Crippen molar-refractivity contribution >= 4 is 23.2 Å². The van der Waals surface area contributed by atoms with Crippen molar-refractivity contribution in [3.63, 3.8) is 0 Å². The SMILES string of the molecule is CNc1cc(CNc2ncccc2C(=O)Nc2cc(OC(C)C3CCCN3)cc(C(F)(F)F)c2)ccn1. The third kappa shape index (κ3) is 6.88. The third-order valence-corrected chi connectivity index (χ3v) is 6.07. The Morgan fingerprint density at radius 3 is 2.76 bits per heavy atom. The number of pyridine rings is 2. The first-order valence-corrected chi connectivity index (χ1v) is 12.0. The minimum atomic E-state index is -4.61. The van der Waals surface area contributed by atoms with Gasteiger partial charge in [-0.2, -0.15) is 13.2 Å². The number of halogens is 3. The topological polar surface area (TPSA) is 100 Å². The summed E-state index contributed by atoms with van der Waals surface area (Å²) in [5.41, 5.74) is 0.161. The van der Waals surface area contributed by atoms with E-state index in [9.17, 15) is 18.0 Å². The molecule has 4 N–H and O–H groups in total. The molecule has 0 spiro atoms. The van der Waals surface area contributed by atoms with E-state index in [-0.39, 0.29) is 29.1 Å². The fourth-order valence-corrected chi connectivity index (χ4v) is 4.15. The molecule has 1 aliphatic rings. The highest BCUT2D eigenvalue weighted by atomic mass is 19.4. The highest BCUT2D eigenvalue weighted by molar-refractivity contribution is 6.07. The summed E-state index contributed by atoms with van der Waals surface area (Å²) >= 11 is 0. The van der Waals surface area contributed by atoms with Crippen LogP contribution in [0.15, 0.2) is 54.9 Å². The maximum atomic E-state index is 13.6. The van der Waals surface area contributed by atoms with Crippen molar-refractivity contribution in [1.82, 2.24) is 15.3 Å². The third-order valence-electron chi connectivity index (χ3n) is 6.07. The minimum Gasteiger partial charge on any atom is -0.489 e. The molecule has 2 atom stereocenters. The number of amides is 1. The molecule has 196 valence electrons. The van der Waals surface area contributed by atoms with Gasteiger partial charge in [-0.25, -0.2) is 9.97 Å². The largest absolute Gasteiger partial charge is 0.489 e. The number of nitrogens with one attached hydrogen (secondary N) is 4. The zero-order chi connectivity index (χ0) is 26.4. The van der Waals surface area contributed by atoms with Crippen LogP contribution in [0, 0.1) is 0 Å². The number of rotatable bonds is 9. The van der Waals surface area contributed by atoms with E-state index in [4.69, 9.17) is 4.74 Å². The van der Waals surface area contributed by atoms with Crippen LogP contribution < -0.4 is 26.0 Å². The second-order valence-corrected chi connectivity index (χ2v) is 8.78. The minimum absolute atomic E-state index is 0.0241. The van der Waals surface area contributed by atoms with Gasteiger partial charge in [-0.3, -0.25) is 4.79 Å². The summed E-state index contributed by atoms with van der Waals surface area (Å²) in [5.74, 6) is 0.428. The standard InChI is InChI=1S/C26H29F3N6O2/c1-16(22-6-4-8-31-22)37-20-13-18(26(27,28)29)12-19(14-20)35-25(36)21-5-3-9-33-24(21)34-15-17-7-10-32-23(11-17)30-2/h3,5,7,9-14,16,22,31H,4,6,8,15H2,1-2H3,(H,30,32)(H,33,34)(H,35,36). The highest BCUT2D eigenvalue weighted by Crippen LogP contribution is 2.35. The van der Waals surface area contributed by atoms with Crippen molar-refractivity contribution in [3.8, 4) is 5.75 Å². The molecule has 1 aromatic carbocycles. The summed E-state index contributed by atoms with van der Waals surface area (Å²) in [4.78, 5) is 21.5. The molecule has 0 aliphatic carbocycles. The van der Waals surface area contributed by atoms with Crippen molar-refractivity contribution in [1.29, 1.82) is 0 Å². The number of carbonyl (C=O) groups is 1. The lowest BCUT2D eigenvalue weighted by molar-refractivity contribution is -0.137. The average Bonchev–Trinajstić information content (AvgIpc) is 3.42. The van der Waals surface area contributed by atoms with Gasteiger partial charge in [-0.05, 0) is 68.3 Å². The molecule has 0 bridgehead atoms. The number of carbonyl (C=O) groups excluding carboxylic acids is 1. The Kier molecular flexibility index (Phi) is 8.12. The maximum absolute atomic E-state index is 13.6. The van der Waals surface area contributed by atoms with Crippen LogP contribution >= 0.6 is 0 Å². The molecule has 1 fully saturated rings. The Labute approximate surface area is 213 Å². The van der Waals surface area contributed by atoms with Crippen LogP contribution in [0.3, 0.4) is 0 Å². The van der Waals surface area contributed by atoms with Gasteiger partial charge < -0.3 is 26.0 Å². The van der Waals surface area contributed by atoms with Gasteiger partial charge in [0.25, 0.3) is 5.91 Å². The summed E-state index contributed by atoms with van der Waals surface area (Å²) in [7, 11) is 1.76. The van der Waals surface area contributed by atoms with Crippen LogP contribution in [0.1, 0.15) is 41.3 Å². The first kappa shape index (κ1) is 26.2. The van der Waals surface area contributed by atoms with Crippen LogP contribution in [0.4, 0.5) is 30.5 Å². The Morgan fingerprint density at radius 1 is 1.19 bits per heavy atom. The van der Waals surface area contributed by atoms with E-state index in [1.807, 2.05) is 19.1 Å². The molecule has 3 heterocycles. The lowest BCUT2D eigenvalue weighted by Gasteiger charge is -2.22. The number of hydrogen-bond acceptors (Lipinski definition) is 7. The first-order valence-electron chi connectivity index (χ1n) is 12.0. The van der Waals surface area contributed by atoms with Gasteiger partial charge in [0.05, 0.1) is 11.1 Å². The van der Waals surface area contributed by atoms with E-state index in [1.165, 1.54) is 12.3 Å². The molecular weight excluding hydrogens is 485 g/mol. The van der Waals surface area contributed by atoms with Crippen LogP contribution in [-0.4, -0.2) is 41.6 Å². The quantitative estimate of drug-likeness (QED) is 0.322. The van der Waals surface area contributed by atoms with Gasteiger partial charge in [-0.1, -0.05) is 0 Å². The number of anilines is 3. The zero-order valence-electron chi connectivity index (χ0n) is 20.5. The number of ether oxygens (including phenoxy) is 1. The molecule has 1 aliphatic heterocycles. The Bertz CT molecular complexity index is 1230. The van der Waals surface area contributed by atoms with Gasteiger partial charge in [0.1, 0.15) is 23.5 Å². The first-order chi connectivity index (χ1) is 17.7. The molecular formula is C26H29F3N6O2. The maximum Gasteiger partial charge on any atom is 0.416 e. The van der Waals surface area contributed by atoms with Crippen molar-refractivity contribution in [2.24, 2.45) is 0 Å². The predicted octanol–water partition coefficient (Wildman–Crippen LogP) is 4.92. The molecule has 4 rings (SSSR count). The van der Waals surface area contributed by atoms with Crippen molar-refractivity contribution in [2.75, 3.05) is 29.5 Å². The van der Waals surface area contributed by atoms with Crippen LogP contribution in [0.25, 0.3) is 0 Å². The van der Waals surface area contributed by atoms with E-state index in [0.717, 1.165) is 37.1 Å². The molecule has 11 heteroatoms. The molecule has 1 amide bonds. The monoisotopic (exact) mass is 514 g/mol. The van der Waals surface area contributed by atoms with Gasteiger partial charge in [0.15, 0.2) is 0 Å². The summed E-state index contributed by atoms with van der Waals surface area (Å²) in [5, 5.41) is 11.9. The van der Waals surface area contributed by atoms with Crippen LogP contribution in [0.5, 0.6) is 5.75 Å². The zero-order valence-corrected chi connectivity index (χ0v) is 20.5. The van der Waals surface area contributed by atoms with E-state index >= 15 is 0 Å². The highest BCUT2D eigenvalue weighted by Gasteiger charge is 2.32. The lowest BCUT2D eigenvalue weighted by Crippen LogP contribution is -2.36. The number of alkyl halides is 3. The second kappa shape index (κ2) is 11.5. The van der Waals surface area contributed by atoms with Gasteiger partial charge >= 0.3 is 6.18 Å². The average molecular weight is 515 g/mol. The van der Waals surface area contributed by atoms with Gasteiger partial charge in [0, 0.05) is 43.8 Å². The Hall–Kier alpha value is -3.86. The number of aromatic nitrogens is 2. The predicted molar refractivity (Wildman–Crippen MR) is 136 cm³/mol. The normalized spacial score (nSPS) is 16.2. The Morgan fingerprint density at radius 2 is 2.03 bits per heavy atom. The van der Waals surface area contributed by atoms with Crippen molar-refractivity contribution in [2.45, 2.75) is 44.6 Å². The number of benzene rings is 1. The molecule has 2 unspecified atom stereocenters. The number of nitrogens with zero attached hydrogens (tertiary/aromatic N) is 2. The molecule has 37 heavy (non-hydrogen) atoms. The van der Waals surface area contributed by atoms with Gasteiger partial charge in [0.2, 0.25) is 0 Å². The number of hydrogen-bond donors (Lipinski definition) is 4. The summed E-state index contributed by atoms with van der Waals surface area (Å²) in [6.45, 7) is 3.03. The molecule has 2 aromatic heterocycles.